The van der Waals surface area contributed by atoms with Crippen LogP contribution in [0.1, 0.15) is 32.1 Å². The third-order valence-corrected chi connectivity index (χ3v) is 6.04. The Bertz CT molecular complexity index is 580. The highest BCUT2D eigenvalue weighted by molar-refractivity contribution is 9.09. The van der Waals surface area contributed by atoms with Crippen LogP contribution in [0.25, 0.3) is 0 Å². The highest BCUT2D eigenvalue weighted by Crippen LogP contribution is 2.25. The summed E-state index contributed by atoms with van der Waals surface area (Å²) >= 11 is 3.48. The molecule has 1 fully saturated rings. The quantitative estimate of drug-likeness (QED) is 0.657. The molecule has 112 valence electrons. The second kappa shape index (κ2) is 6.49. The third kappa shape index (κ3) is 3.77. The lowest BCUT2D eigenvalue weighted by Gasteiger charge is -2.21. The maximum atomic E-state index is 13.6. The summed E-state index contributed by atoms with van der Waals surface area (Å²) in [5, 5.41) is 0. The van der Waals surface area contributed by atoms with Crippen LogP contribution in [0.5, 0.6) is 0 Å². The van der Waals surface area contributed by atoms with Gasteiger partial charge in [-0.2, -0.15) is 0 Å². The fourth-order valence-electron chi connectivity index (χ4n) is 2.35. The second-order valence-corrected chi connectivity index (χ2v) is 7.82. The van der Waals surface area contributed by atoms with Crippen molar-refractivity contribution in [2.24, 2.45) is 0 Å². The predicted molar refractivity (Wildman–Crippen MR) is 76.3 cm³/mol. The fourth-order valence-corrected chi connectivity index (χ4v) is 4.62. The fraction of sp³-hybridized carbons (Fsp3) is 0.538. The molecular formula is C13H16BrF2NO2S. The lowest BCUT2D eigenvalue weighted by Crippen LogP contribution is -2.40. The first-order valence-electron chi connectivity index (χ1n) is 6.51. The van der Waals surface area contributed by atoms with Crippen LogP contribution >= 0.6 is 15.9 Å². The van der Waals surface area contributed by atoms with Gasteiger partial charge in [-0.15, -0.1) is 0 Å². The van der Waals surface area contributed by atoms with E-state index in [2.05, 4.69) is 20.7 Å². The van der Waals surface area contributed by atoms with E-state index in [1.165, 1.54) is 0 Å². The van der Waals surface area contributed by atoms with Gasteiger partial charge in [-0.05, 0) is 25.0 Å². The van der Waals surface area contributed by atoms with E-state index in [-0.39, 0.29) is 10.9 Å². The number of alkyl halides is 1. The van der Waals surface area contributed by atoms with Crippen LogP contribution in [0, 0.1) is 11.6 Å². The van der Waals surface area contributed by atoms with Gasteiger partial charge in [0.05, 0.1) is 0 Å². The van der Waals surface area contributed by atoms with E-state index >= 15 is 0 Å². The van der Waals surface area contributed by atoms with Crippen LogP contribution in [-0.2, 0) is 10.0 Å². The van der Waals surface area contributed by atoms with E-state index in [0.717, 1.165) is 37.8 Å². The molecule has 2 rings (SSSR count). The maximum Gasteiger partial charge on any atom is 0.243 e. The Labute approximate surface area is 125 Å². The lowest BCUT2D eigenvalue weighted by molar-refractivity contribution is 0.510. The molecule has 0 amide bonds. The molecule has 0 aromatic heterocycles. The molecule has 1 N–H and O–H groups in total. The number of nitrogens with one attached hydrogen (secondary N) is 1. The maximum absolute atomic E-state index is 13.6. The Hall–Kier alpha value is -0.530. The summed E-state index contributed by atoms with van der Waals surface area (Å²) in [5.41, 5.74) is 0. The summed E-state index contributed by atoms with van der Waals surface area (Å²) in [7, 11) is -3.98. The SMILES string of the molecule is O=S(=O)(NC1CCCCCC1Br)c1ccc(F)cc1F. The Morgan fingerprint density at radius 3 is 2.55 bits per heavy atom. The number of benzene rings is 1. The van der Waals surface area contributed by atoms with E-state index in [1.807, 2.05) is 0 Å². The highest BCUT2D eigenvalue weighted by Gasteiger charge is 2.28. The summed E-state index contributed by atoms with van der Waals surface area (Å²) < 4.78 is 53.4. The molecular weight excluding hydrogens is 352 g/mol. The Morgan fingerprint density at radius 1 is 1.15 bits per heavy atom. The average Bonchev–Trinajstić information content (AvgIpc) is 2.54. The highest BCUT2D eigenvalue weighted by atomic mass is 79.9. The van der Waals surface area contributed by atoms with Crippen molar-refractivity contribution in [3.05, 3.63) is 29.8 Å². The van der Waals surface area contributed by atoms with E-state index in [9.17, 15) is 17.2 Å². The molecule has 20 heavy (non-hydrogen) atoms. The van der Waals surface area contributed by atoms with E-state index in [0.29, 0.717) is 12.5 Å². The predicted octanol–water partition coefficient (Wildman–Crippen LogP) is 3.34. The van der Waals surface area contributed by atoms with Crippen LogP contribution in [0.3, 0.4) is 0 Å². The van der Waals surface area contributed by atoms with Crippen molar-refractivity contribution in [2.75, 3.05) is 0 Å². The topological polar surface area (TPSA) is 46.2 Å². The standard InChI is InChI=1S/C13H16BrF2NO2S/c14-10-4-2-1-3-5-12(10)17-20(18,19)13-7-6-9(15)8-11(13)16/h6-8,10,12,17H,1-5H2. The van der Waals surface area contributed by atoms with Gasteiger partial charge in [0.2, 0.25) is 10.0 Å². The van der Waals surface area contributed by atoms with Crippen LogP contribution in [0.4, 0.5) is 8.78 Å². The number of halogens is 3. The average molecular weight is 368 g/mol. The van der Waals surface area contributed by atoms with Gasteiger partial charge in [0.1, 0.15) is 16.5 Å². The van der Waals surface area contributed by atoms with Crippen molar-refractivity contribution >= 4 is 26.0 Å². The molecule has 1 aliphatic carbocycles. The van der Waals surface area contributed by atoms with Gasteiger partial charge >= 0.3 is 0 Å². The van der Waals surface area contributed by atoms with Crippen molar-refractivity contribution in [3.8, 4) is 0 Å². The minimum absolute atomic E-state index is 0.0308. The van der Waals surface area contributed by atoms with Crippen LogP contribution in [-0.4, -0.2) is 19.3 Å². The first-order chi connectivity index (χ1) is 9.40. The molecule has 1 saturated carbocycles. The summed E-state index contributed by atoms with van der Waals surface area (Å²) in [5.74, 6) is -1.87. The van der Waals surface area contributed by atoms with Crippen LogP contribution < -0.4 is 4.72 Å². The molecule has 1 aliphatic rings. The number of hydrogen-bond acceptors (Lipinski definition) is 2. The zero-order valence-electron chi connectivity index (χ0n) is 10.8. The molecule has 1 aromatic carbocycles. The molecule has 0 saturated heterocycles. The zero-order chi connectivity index (χ0) is 14.8. The van der Waals surface area contributed by atoms with E-state index in [4.69, 9.17) is 0 Å². The number of sulfonamides is 1. The molecule has 0 aliphatic heterocycles. The van der Waals surface area contributed by atoms with Crippen molar-refractivity contribution in [1.82, 2.24) is 4.72 Å². The molecule has 7 heteroatoms. The van der Waals surface area contributed by atoms with Gasteiger partial charge in [0.15, 0.2) is 0 Å². The molecule has 0 bridgehead atoms. The Balaban J connectivity index is 2.21. The van der Waals surface area contributed by atoms with Gasteiger partial charge in [-0.3, -0.25) is 0 Å². The monoisotopic (exact) mass is 367 g/mol. The van der Waals surface area contributed by atoms with E-state index < -0.39 is 26.6 Å². The molecule has 0 radical (unpaired) electrons. The number of hydrogen-bond donors (Lipinski definition) is 1. The second-order valence-electron chi connectivity index (χ2n) is 4.96. The van der Waals surface area contributed by atoms with Crippen molar-refractivity contribution in [2.45, 2.75) is 47.9 Å². The Morgan fingerprint density at radius 2 is 1.85 bits per heavy atom. The van der Waals surface area contributed by atoms with E-state index in [1.54, 1.807) is 0 Å². The van der Waals surface area contributed by atoms with Gasteiger partial charge < -0.3 is 0 Å². The van der Waals surface area contributed by atoms with Gasteiger partial charge in [0.25, 0.3) is 0 Å². The largest absolute Gasteiger partial charge is 0.243 e. The van der Waals surface area contributed by atoms with Crippen LogP contribution in [0.2, 0.25) is 0 Å². The van der Waals surface area contributed by atoms with Crippen molar-refractivity contribution < 1.29 is 17.2 Å². The van der Waals surface area contributed by atoms with Gasteiger partial charge in [-0.1, -0.05) is 35.2 Å². The normalized spacial score (nSPS) is 24.4. The minimum Gasteiger partial charge on any atom is -0.207 e. The molecule has 1 aromatic rings. The van der Waals surface area contributed by atoms with Gasteiger partial charge in [-0.25, -0.2) is 21.9 Å². The smallest absolute Gasteiger partial charge is 0.207 e. The van der Waals surface area contributed by atoms with Gasteiger partial charge in [0, 0.05) is 16.9 Å². The molecule has 0 heterocycles. The molecule has 3 nitrogen and oxygen atoms in total. The first kappa shape index (κ1) is 15.9. The summed E-state index contributed by atoms with van der Waals surface area (Å²) in [6.07, 6.45) is 4.61. The molecule has 2 atom stereocenters. The van der Waals surface area contributed by atoms with Crippen molar-refractivity contribution in [3.63, 3.8) is 0 Å². The first-order valence-corrected chi connectivity index (χ1v) is 8.91. The zero-order valence-corrected chi connectivity index (χ0v) is 13.2. The summed E-state index contributed by atoms with van der Waals surface area (Å²) in [6, 6.07) is 2.20. The lowest BCUT2D eigenvalue weighted by atomic mass is 10.1. The van der Waals surface area contributed by atoms with Crippen molar-refractivity contribution in [1.29, 1.82) is 0 Å². The van der Waals surface area contributed by atoms with Crippen LogP contribution in [0.15, 0.2) is 23.1 Å². The molecule has 0 spiro atoms. The Kier molecular flexibility index (Phi) is 5.14. The molecule has 2 unspecified atom stereocenters. The minimum atomic E-state index is -3.98. The number of rotatable bonds is 3. The third-order valence-electron chi connectivity index (χ3n) is 3.42. The summed E-state index contributed by atoms with van der Waals surface area (Å²) in [4.78, 5) is -0.480. The summed E-state index contributed by atoms with van der Waals surface area (Å²) in [6.45, 7) is 0.